The van der Waals surface area contributed by atoms with Crippen LogP contribution in [-0.4, -0.2) is 6.16 Å². The van der Waals surface area contributed by atoms with E-state index >= 15 is 0 Å². The summed E-state index contributed by atoms with van der Waals surface area (Å²) < 4.78 is 0. The summed E-state index contributed by atoms with van der Waals surface area (Å²) in [5.74, 6) is 0. The Kier molecular flexibility index (Phi) is 6.34. The van der Waals surface area contributed by atoms with E-state index in [-0.39, 0.29) is 27.4 Å². The summed E-state index contributed by atoms with van der Waals surface area (Å²) >= 11 is 0. The van der Waals surface area contributed by atoms with E-state index in [9.17, 15) is 0 Å². The van der Waals surface area contributed by atoms with E-state index in [4.69, 9.17) is 0 Å². The predicted molar refractivity (Wildman–Crippen MR) is 74.1 cm³/mol. The minimum absolute atomic E-state index is 0. The molecule has 0 saturated heterocycles. The molecular weight excluding hydrogens is 314 g/mol. The van der Waals surface area contributed by atoms with Crippen molar-refractivity contribution in [2.45, 2.75) is 0 Å². The molecule has 0 nitrogen and oxygen atoms in total. The van der Waals surface area contributed by atoms with Crippen molar-refractivity contribution in [1.29, 1.82) is 0 Å². The summed E-state index contributed by atoms with van der Waals surface area (Å²) in [4.78, 5) is 0. The number of benzene rings is 2. The molecule has 89 valence electrons. The van der Waals surface area contributed by atoms with Crippen molar-refractivity contribution in [3.63, 3.8) is 0 Å². The molecular formula is C15H15PRh. The molecule has 0 N–H and O–H groups in total. The standard InChI is InChI=1S/C15H15P.Rh/c1-2-13-16(14-9-5-3-6-10-14)15-11-7-4-8-12-15;/h2-12H,1,13H2;. The fourth-order valence-electron chi connectivity index (χ4n) is 1.70. The van der Waals surface area contributed by atoms with E-state index in [0.717, 1.165) is 6.16 Å². The topological polar surface area (TPSA) is 0 Å². The van der Waals surface area contributed by atoms with E-state index in [1.807, 2.05) is 6.08 Å². The molecule has 0 spiro atoms. The predicted octanol–water partition coefficient (Wildman–Crippen LogP) is 3.30. The van der Waals surface area contributed by atoms with Crippen LogP contribution in [0.3, 0.4) is 0 Å². The Morgan fingerprint density at radius 2 is 1.24 bits per heavy atom. The number of hydrogen-bond donors (Lipinski definition) is 0. The van der Waals surface area contributed by atoms with Gasteiger partial charge in [0.05, 0.1) is 0 Å². The zero-order valence-electron chi connectivity index (χ0n) is 9.55. The normalized spacial score (nSPS) is 9.71. The van der Waals surface area contributed by atoms with E-state index in [2.05, 4.69) is 67.2 Å². The van der Waals surface area contributed by atoms with Gasteiger partial charge < -0.3 is 0 Å². The van der Waals surface area contributed by atoms with Gasteiger partial charge in [-0.1, -0.05) is 66.7 Å². The van der Waals surface area contributed by atoms with Gasteiger partial charge >= 0.3 is 0 Å². The van der Waals surface area contributed by atoms with Crippen LogP contribution in [0.4, 0.5) is 0 Å². The first kappa shape index (κ1) is 14.3. The van der Waals surface area contributed by atoms with Gasteiger partial charge in [-0.2, -0.15) is 0 Å². The van der Waals surface area contributed by atoms with E-state index in [0.29, 0.717) is 0 Å². The van der Waals surface area contributed by atoms with E-state index in [1.54, 1.807) is 0 Å². The van der Waals surface area contributed by atoms with E-state index < -0.39 is 0 Å². The molecule has 17 heavy (non-hydrogen) atoms. The van der Waals surface area contributed by atoms with Crippen molar-refractivity contribution in [3.8, 4) is 0 Å². The third-order valence-corrected chi connectivity index (χ3v) is 4.91. The van der Waals surface area contributed by atoms with Gasteiger partial charge in [-0.3, -0.25) is 0 Å². The molecule has 2 rings (SSSR count). The molecule has 2 heteroatoms. The Bertz CT molecular complexity index is 399. The molecule has 0 unspecified atom stereocenters. The fourth-order valence-corrected chi connectivity index (χ4v) is 3.75. The van der Waals surface area contributed by atoms with Crippen LogP contribution in [-0.2, 0) is 19.5 Å². The van der Waals surface area contributed by atoms with Crippen molar-refractivity contribution in [2.75, 3.05) is 6.16 Å². The third kappa shape index (κ3) is 3.88. The summed E-state index contributed by atoms with van der Waals surface area (Å²) in [5.41, 5.74) is 0. The molecule has 0 fully saturated rings. The van der Waals surface area contributed by atoms with Gasteiger partial charge in [0.25, 0.3) is 0 Å². The first-order valence-electron chi connectivity index (χ1n) is 5.40. The Hall–Kier alpha value is -0.767. The number of hydrogen-bond acceptors (Lipinski definition) is 0. The van der Waals surface area contributed by atoms with Gasteiger partial charge in [-0.25, -0.2) is 0 Å². The van der Waals surface area contributed by atoms with Crippen molar-refractivity contribution >= 4 is 18.5 Å². The monoisotopic (exact) mass is 329 g/mol. The van der Waals surface area contributed by atoms with Crippen LogP contribution in [0.15, 0.2) is 73.3 Å². The SMILES string of the molecule is C=CCP(c1ccccc1)c1ccccc1.[Rh]. The maximum absolute atomic E-state index is 3.87. The first-order chi connectivity index (χ1) is 7.92. The van der Waals surface area contributed by atoms with Crippen molar-refractivity contribution in [1.82, 2.24) is 0 Å². The first-order valence-corrected chi connectivity index (χ1v) is 6.93. The molecule has 0 saturated carbocycles. The molecule has 0 aliphatic heterocycles. The summed E-state index contributed by atoms with van der Waals surface area (Å²) in [6.07, 6.45) is 3.06. The van der Waals surface area contributed by atoms with Crippen molar-refractivity contribution in [3.05, 3.63) is 73.3 Å². The zero-order valence-corrected chi connectivity index (χ0v) is 12.1. The Labute approximate surface area is 117 Å². The quantitative estimate of drug-likeness (QED) is 0.459. The molecule has 0 atom stereocenters. The van der Waals surface area contributed by atoms with Gasteiger partial charge in [-0.05, 0) is 24.7 Å². The Balaban J connectivity index is 0.00000144. The second kappa shape index (κ2) is 7.54. The number of rotatable bonds is 4. The van der Waals surface area contributed by atoms with E-state index in [1.165, 1.54) is 10.6 Å². The smallest absolute Gasteiger partial charge is 0 e. The van der Waals surface area contributed by atoms with Gasteiger partial charge in [0.2, 0.25) is 0 Å². The third-order valence-electron chi connectivity index (χ3n) is 2.45. The molecule has 0 aliphatic carbocycles. The second-order valence-electron chi connectivity index (χ2n) is 3.57. The van der Waals surface area contributed by atoms with Gasteiger partial charge in [0.1, 0.15) is 0 Å². The molecule has 2 aromatic rings. The van der Waals surface area contributed by atoms with Crippen LogP contribution in [0, 0.1) is 0 Å². The molecule has 0 aromatic heterocycles. The van der Waals surface area contributed by atoms with Crippen LogP contribution in [0.25, 0.3) is 0 Å². The van der Waals surface area contributed by atoms with Crippen molar-refractivity contribution in [2.24, 2.45) is 0 Å². The largest absolute Gasteiger partial charge is 0.103 e. The Morgan fingerprint density at radius 3 is 1.59 bits per heavy atom. The molecule has 0 amide bonds. The molecule has 0 bridgehead atoms. The van der Waals surface area contributed by atoms with Crippen LogP contribution in [0.2, 0.25) is 0 Å². The van der Waals surface area contributed by atoms with Crippen LogP contribution >= 0.6 is 7.92 Å². The molecule has 2 aromatic carbocycles. The fraction of sp³-hybridized carbons (Fsp3) is 0.0667. The molecule has 1 radical (unpaired) electrons. The average Bonchev–Trinajstić information content (AvgIpc) is 2.38. The van der Waals surface area contributed by atoms with Gasteiger partial charge in [0, 0.05) is 19.5 Å². The Morgan fingerprint density at radius 1 is 0.824 bits per heavy atom. The molecule has 0 heterocycles. The minimum atomic E-state index is -0.269. The van der Waals surface area contributed by atoms with Gasteiger partial charge in [0.15, 0.2) is 0 Å². The number of allylic oxidation sites excluding steroid dienone is 1. The van der Waals surface area contributed by atoms with Crippen LogP contribution in [0.1, 0.15) is 0 Å². The maximum atomic E-state index is 3.87. The summed E-state index contributed by atoms with van der Waals surface area (Å²) in [7, 11) is -0.269. The maximum Gasteiger partial charge on any atom is 0 e. The average molecular weight is 329 g/mol. The summed E-state index contributed by atoms with van der Waals surface area (Å²) in [6, 6.07) is 21.4. The van der Waals surface area contributed by atoms with Crippen LogP contribution < -0.4 is 10.6 Å². The minimum Gasteiger partial charge on any atom is -0.103 e. The van der Waals surface area contributed by atoms with Gasteiger partial charge in [-0.15, -0.1) is 6.58 Å². The zero-order chi connectivity index (χ0) is 11.2. The summed E-state index contributed by atoms with van der Waals surface area (Å²) in [5, 5.41) is 2.84. The second-order valence-corrected chi connectivity index (χ2v) is 5.82. The molecule has 0 aliphatic rings. The summed E-state index contributed by atoms with van der Waals surface area (Å²) in [6.45, 7) is 3.87. The van der Waals surface area contributed by atoms with Crippen molar-refractivity contribution < 1.29 is 19.5 Å². The van der Waals surface area contributed by atoms with Crippen LogP contribution in [0.5, 0.6) is 0 Å².